The summed E-state index contributed by atoms with van der Waals surface area (Å²) < 4.78 is 0. The number of aryl methyl sites for hydroxylation is 1. The Bertz CT molecular complexity index is 1060. The summed E-state index contributed by atoms with van der Waals surface area (Å²) in [4.78, 5) is 17.1. The van der Waals surface area contributed by atoms with E-state index in [2.05, 4.69) is 16.9 Å². The van der Waals surface area contributed by atoms with Gasteiger partial charge >= 0.3 is 0 Å². The first-order chi connectivity index (χ1) is 13.5. The third-order valence-electron chi connectivity index (χ3n) is 4.16. The molecule has 0 saturated heterocycles. The van der Waals surface area contributed by atoms with Crippen molar-refractivity contribution in [2.24, 2.45) is 4.99 Å². The van der Waals surface area contributed by atoms with Gasteiger partial charge in [0.05, 0.1) is 16.4 Å². The molecule has 0 aliphatic carbocycles. The Kier molecular flexibility index (Phi) is 6.30. The Morgan fingerprint density at radius 3 is 2.43 bits per heavy atom. The number of nitrogens with zero attached hydrogens (tertiary/aromatic N) is 1. The van der Waals surface area contributed by atoms with Gasteiger partial charge in [0.25, 0.3) is 5.91 Å². The number of aliphatic imine (C=N–C) groups is 1. The molecule has 1 amide bonds. The molecule has 0 radical (unpaired) electrons. The molecular formula is C23H18Cl2N2O. The van der Waals surface area contributed by atoms with E-state index in [9.17, 15) is 4.79 Å². The number of carbonyl (C=O) groups is 1. The molecule has 3 nitrogen and oxygen atoms in total. The monoisotopic (exact) mass is 408 g/mol. The Balaban J connectivity index is 1.92. The molecule has 5 heteroatoms. The Labute approximate surface area is 174 Å². The Morgan fingerprint density at radius 2 is 1.75 bits per heavy atom. The average molecular weight is 409 g/mol. The lowest BCUT2D eigenvalue weighted by Gasteiger charge is -2.10. The predicted octanol–water partition coefficient (Wildman–Crippen LogP) is 6.86. The number of amides is 1. The lowest BCUT2D eigenvalue weighted by Crippen LogP contribution is -2.12. The zero-order chi connectivity index (χ0) is 20.1. The summed E-state index contributed by atoms with van der Waals surface area (Å²) in [6, 6.07) is 19.8. The number of hydrogen-bond acceptors (Lipinski definition) is 2. The highest BCUT2D eigenvalue weighted by Gasteiger charge is 2.11. The van der Waals surface area contributed by atoms with Crippen LogP contribution in [0.25, 0.3) is 0 Å². The van der Waals surface area contributed by atoms with Crippen molar-refractivity contribution in [3.8, 4) is 0 Å². The number of benzene rings is 3. The summed E-state index contributed by atoms with van der Waals surface area (Å²) in [6.07, 6.45) is 1.65. The molecule has 0 unspecified atom stereocenters. The summed E-state index contributed by atoms with van der Waals surface area (Å²) in [7, 11) is 0. The van der Waals surface area contributed by atoms with Crippen LogP contribution in [0.4, 0.5) is 11.4 Å². The van der Waals surface area contributed by atoms with E-state index in [1.54, 1.807) is 48.5 Å². The largest absolute Gasteiger partial charge is 0.322 e. The van der Waals surface area contributed by atoms with E-state index in [0.29, 0.717) is 32.6 Å². The molecule has 1 N–H and O–H groups in total. The number of rotatable bonds is 5. The van der Waals surface area contributed by atoms with Crippen molar-refractivity contribution in [1.29, 1.82) is 0 Å². The van der Waals surface area contributed by atoms with Crippen LogP contribution in [-0.2, 0) is 0 Å². The number of nitrogens with one attached hydrogen (secondary N) is 1. The average Bonchev–Trinajstić information content (AvgIpc) is 2.69. The minimum absolute atomic E-state index is 0.235. The molecule has 0 fully saturated rings. The SMILES string of the molecule is C=CC(=Nc1ccccc1C)c1cc(NC(=O)c2ccc(Cl)cc2)ccc1Cl. The first-order valence-corrected chi connectivity index (χ1v) is 9.37. The number of para-hydroxylation sites is 1. The summed E-state index contributed by atoms with van der Waals surface area (Å²) >= 11 is 12.3. The first kappa shape index (κ1) is 19.9. The number of halogens is 2. The van der Waals surface area contributed by atoms with Crippen LogP contribution in [0.2, 0.25) is 10.0 Å². The standard InChI is InChI=1S/C23H18Cl2N2O/c1-3-21(27-22-7-5-4-6-15(22)2)19-14-18(12-13-20(19)25)26-23(28)16-8-10-17(24)11-9-16/h3-14H,1H2,2H3,(H,26,28). The van der Waals surface area contributed by atoms with Gasteiger partial charge in [-0.2, -0.15) is 0 Å². The summed E-state index contributed by atoms with van der Waals surface area (Å²) in [5.41, 5.74) is 4.32. The van der Waals surface area contributed by atoms with Crippen LogP contribution in [-0.4, -0.2) is 11.6 Å². The maximum Gasteiger partial charge on any atom is 0.255 e. The Morgan fingerprint density at radius 1 is 1.04 bits per heavy atom. The molecule has 0 saturated carbocycles. The van der Waals surface area contributed by atoms with E-state index in [-0.39, 0.29) is 5.91 Å². The van der Waals surface area contributed by atoms with Gasteiger partial charge in [-0.1, -0.05) is 48.0 Å². The Hall–Kier alpha value is -2.88. The van der Waals surface area contributed by atoms with Crippen LogP contribution >= 0.6 is 23.2 Å². The normalized spacial score (nSPS) is 11.2. The van der Waals surface area contributed by atoms with Crippen LogP contribution in [0.15, 0.2) is 84.4 Å². The summed E-state index contributed by atoms with van der Waals surface area (Å²) in [5, 5.41) is 3.97. The van der Waals surface area contributed by atoms with Crippen molar-refractivity contribution in [1.82, 2.24) is 0 Å². The van der Waals surface area contributed by atoms with Gasteiger partial charge in [-0.3, -0.25) is 4.79 Å². The van der Waals surface area contributed by atoms with Crippen LogP contribution in [0, 0.1) is 6.92 Å². The van der Waals surface area contributed by atoms with Gasteiger partial charge < -0.3 is 5.32 Å². The van der Waals surface area contributed by atoms with E-state index in [1.807, 2.05) is 31.2 Å². The molecule has 0 heterocycles. The van der Waals surface area contributed by atoms with E-state index < -0.39 is 0 Å². The third kappa shape index (κ3) is 4.69. The fourth-order valence-corrected chi connectivity index (χ4v) is 2.98. The number of anilines is 1. The van der Waals surface area contributed by atoms with E-state index >= 15 is 0 Å². The van der Waals surface area contributed by atoms with E-state index in [0.717, 1.165) is 11.3 Å². The highest BCUT2D eigenvalue weighted by atomic mass is 35.5. The zero-order valence-corrected chi connectivity index (χ0v) is 16.8. The van der Waals surface area contributed by atoms with Gasteiger partial charge in [-0.05, 0) is 67.1 Å². The maximum atomic E-state index is 12.5. The third-order valence-corrected chi connectivity index (χ3v) is 4.74. The molecule has 0 bridgehead atoms. The minimum atomic E-state index is -0.235. The fourth-order valence-electron chi connectivity index (χ4n) is 2.64. The van der Waals surface area contributed by atoms with Gasteiger partial charge in [-0.15, -0.1) is 0 Å². The smallest absolute Gasteiger partial charge is 0.255 e. The molecule has 0 aromatic heterocycles. The van der Waals surface area contributed by atoms with Gasteiger partial charge in [0.1, 0.15) is 0 Å². The quantitative estimate of drug-likeness (QED) is 0.460. The number of carbonyl (C=O) groups excluding carboxylic acids is 1. The molecule has 0 atom stereocenters. The highest BCUT2D eigenvalue weighted by molar-refractivity contribution is 6.35. The predicted molar refractivity (Wildman–Crippen MR) is 118 cm³/mol. The summed E-state index contributed by atoms with van der Waals surface area (Å²) in [6.45, 7) is 5.85. The molecule has 3 rings (SSSR count). The molecule has 0 aliphatic rings. The lowest BCUT2D eigenvalue weighted by atomic mass is 10.1. The number of allylic oxidation sites excluding steroid dienone is 1. The lowest BCUT2D eigenvalue weighted by molar-refractivity contribution is 0.102. The highest BCUT2D eigenvalue weighted by Crippen LogP contribution is 2.25. The molecule has 0 spiro atoms. The minimum Gasteiger partial charge on any atom is -0.322 e. The molecule has 140 valence electrons. The zero-order valence-electron chi connectivity index (χ0n) is 15.2. The molecule has 0 aliphatic heterocycles. The first-order valence-electron chi connectivity index (χ1n) is 8.61. The summed E-state index contributed by atoms with van der Waals surface area (Å²) in [5.74, 6) is -0.235. The second-order valence-electron chi connectivity index (χ2n) is 6.14. The van der Waals surface area contributed by atoms with Gasteiger partial charge in [0.15, 0.2) is 0 Å². The van der Waals surface area contributed by atoms with Crippen molar-refractivity contribution in [3.63, 3.8) is 0 Å². The molecule has 28 heavy (non-hydrogen) atoms. The van der Waals surface area contributed by atoms with Crippen molar-refractivity contribution in [3.05, 3.63) is 106 Å². The fraction of sp³-hybridized carbons (Fsp3) is 0.0435. The van der Waals surface area contributed by atoms with Crippen molar-refractivity contribution in [2.45, 2.75) is 6.92 Å². The molecule has 3 aromatic carbocycles. The maximum absolute atomic E-state index is 12.5. The van der Waals surface area contributed by atoms with Crippen molar-refractivity contribution < 1.29 is 4.79 Å². The van der Waals surface area contributed by atoms with Crippen LogP contribution in [0.5, 0.6) is 0 Å². The van der Waals surface area contributed by atoms with E-state index in [4.69, 9.17) is 23.2 Å². The molecule has 3 aromatic rings. The van der Waals surface area contributed by atoms with Gasteiger partial charge in [-0.25, -0.2) is 4.99 Å². The van der Waals surface area contributed by atoms with Crippen LogP contribution in [0.1, 0.15) is 21.5 Å². The van der Waals surface area contributed by atoms with Gasteiger partial charge in [0.2, 0.25) is 0 Å². The van der Waals surface area contributed by atoms with E-state index in [1.165, 1.54) is 0 Å². The van der Waals surface area contributed by atoms with Crippen LogP contribution < -0.4 is 5.32 Å². The second kappa shape index (κ2) is 8.87. The molecular weight excluding hydrogens is 391 g/mol. The topological polar surface area (TPSA) is 41.5 Å². The second-order valence-corrected chi connectivity index (χ2v) is 6.99. The van der Waals surface area contributed by atoms with Gasteiger partial charge in [0, 0.05) is 21.8 Å². The van der Waals surface area contributed by atoms with Crippen LogP contribution in [0.3, 0.4) is 0 Å². The van der Waals surface area contributed by atoms with Crippen molar-refractivity contribution >= 4 is 46.2 Å². The number of hydrogen-bond donors (Lipinski definition) is 1. The van der Waals surface area contributed by atoms with Crippen molar-refractivity contribution in [2.75, 3.05) is 5.32 Å².